The van der Waals surface area contributed by atoms with Gasteiger partial charge in [0.1, 0.15) is 0 Å². The third-order valence-electron chi connectivity index (χ3n) is 1.68. The highest BCUT2D eigenvalue weighted by atomic mass is 127. The van der Waals surface area contributed by atoms with Gasteiger partial charge in [-0.25, -0.2) is 0 Å². The zero-order chi connectivity index (χ0) is 9.14. The number of alkyl halides is 1. The first-order valence-electron chi connectivity index (χ1n) is 3.44. The normalized spacial score (nSPS) is 9.50. The number of hydrogen-bond acceptors (Lipinski definition) is 1. The summed E-state index contributed by atoms with van der Waals surface area (Å²) in [5.41, 5.74) is 2.76. The summed E-state index contributed by atoms with van der Waals surface area (Å²) < 4.78 is 1.10. The predicted octanol–water partition coefficient (Wildman–Crippen LogP) is 3.21. The number of halogens is 2. The van der Waals surface area contributed by atoms with Crippen molar-refractivity contribution < 1.29 is 0 Å². The van der Waals surface area contributed by atoms with Crippen molar-refractivity contribution in [2.24, 2.45) is 0 Å². The second-order valence-corrected chi connectivity index (χ2v) is 3.93. The van der Waals surface area contributed by atoms with Crippen LogP contribution in [0.2, 0.25) is 0 Å². The molecule has 0 spiro atoms. The molecule has 0 aliphatic carbocycles. The second kappa shape index (κ2) is 4.11. The van der Waals surface area contributed by atoms with Gasteiger partial charge in [-0.15, -0.1) is 11.6 Å². The SMILES string of the molecule is Cc1c(I)cc(CCl)cc1C#N. The molecule has 12 heavy (non-hydrogen) atoms. The highest BCUT2D eigenvalue weighted by Crippen LogP contribution is 2.19. The lowest BCUT2D eigenvalue weighted by Crippen LogP contribution is -1.90. The van der Waals surface area contributed by atoms with Crippen LogP contribution in [-0.4, -0.2) is 0 Å². The van der Waals surface area contributed by atoms with Crippen LogP contribution in [0.3, 0.4) is 0 Å². The fourth-order valence-electron chi connectivity index (χ4n) is 0.928. The lowest BCUT2D eigenvalue weighted by molar-refractivity contribution is 1.30. The zero-order valence-corrected chi connectivity index (χ0v) is 9.48. The van der Waals surface area contributed by atoms with Crippen LogP contribution in [0.4, 0.5) is 0 Å². The smallest absolute Gasteiger partial charge is 0.0994 e. The van der Waals surface area contributed by atoms with Gasteiger partial charge in [-0.3, -0.25) is 0 Å². The molecular weight excluding hydrogens is 284 g/mol. The van der Waals surface area contributed by atoms with E-state index in [0.29, 0.717) is 5.88 Å². The van der Waals surface area contributed by atoms with Crippen molar-refractivity contribution in [1.29, 1.82) is 5.26 Å². The first-order valence-corrected chi connectivity index (χ1v) is 5.05. The molecule has 1 aromatic carbocycles. The first-order chi connectivity index (χ1) is 5.69. The summed E-state index contributed by atoms with van der Waals surface area (Å²) in [4.78, 5) is 0. The Morgan fingerprint density at radius 1 is 1.58 bits per heavy atom. The fourth-order valence-corrected chi connectivity index (χ4v) is 1.77. The summed E-state index contributed by atoms with van der Waals surface area (Å²) in [7, 11) is 0. The molecule has 0 atom stereocenters. The molecule has 1 aromatic rings. The van der Waals surface area contributed by atoms with Crippen molar-refractivity contribution in [1.82, 2.24) is 0 Å². The fraction of sp³-hybridized carbons (Fsp3) is 0.222. The lowest BCUT2D eigenvalue weighted by Gasteiger charge is -2.03. The van der Waals surface area contributed by atoms with Crippen molar-refractivity contribution in [3.05, 3.63) is 32.4 Å². The zero-order valence-electron chi connectivity index (χ0n) is 6.56. The van der Waals surface area contributed by atoms with E-state index in [-0.39, 0.29) is 0 Å². The van der Waals surface area contributed by atoms with Gasteiger partial charge in [0.25, 0.3) is 0 Å². The number of benzene rings is 1. The van der Waals surface area contributed by atoms with Crippen LogP contribution in [0, 0.1) is 21.8 Å². The van der Waals surface area contributed by atoms with Crippen LogP contribution in [0.1, 0.15) is 16.7 Å². The molecule has 1 nitrogen and oxygen atoms in total. The number of nitrogens with zero attached hydrogens (tertiary/aromatic N) is 1. The van der Waals surface area contributed by atoms with E-state index in [4.69, 9.17) is 16.9 Å². The van der Waals surface area contributed by atoms with Crippen LogP contribution in [-0.2, 0) is 5.88 Å². The minimum atomic E-state index is 0.463. The molecule has 3 heteroatoms. The van der Waals surface area contributed by atoms with E-state index in [1.165, 1.54) is 0 Å². The largest absolute Gasteiger partial charge is 0.192 e. The van der Waals surface area contributed by atoms with Crippen molar-refractivity contribution in [3.8, 4) is 6.07 Å². The maximum absolute atomic E-state index is 8.77. The van der Waals surface area contributed by atoms with Gasteiger partial charge in [-0.2, -0.15) is 5.26 Å². The van der Waals surface area contributed by atoms with E-state index in [9.17, 15) is 0 Å². The van der Waals surface area contributed by atoms with Gasteiger partial charge in [0.05, 0.1) is 11.6 Å². The van der Waals surface area contributed by atoms with Gasteiger partial charge in [0.15, 0.2) is 0 Å². The molecule has 0 saturated carbocycles. The minimum absolute atomic E-state index is 0.463. The van der Waals surface area contributed by atoms with Crippen molar-refractivity contribution in [2.75, 3.05) is 0 Å². The van der Waals surface area contributed by atoms with E-state index >= 15 is 0 Å². The Bertz CT molecular complexity index is 341. The molecular formula is C9H7ClIN. The number of hydrogen-bond donors (Lipinski definition) is 0. The van der Waals surface area contributed by atoms with Crippen LogP contribution in [0.25, 0.3) is 0 Å². The van der Waals surface area contributed by atoms with Crippen LogP contribution in [0.15, 0.2) is 12.1 Å². The number of nitriles is 1. The van der Waals surface area contributed by atoms with Gasteiger partial charge in [0.2, 0.25) is 0 Å². The summed E-state index contributed by atoms with van der Waals surface area (Å²) in [5, 5.41) is 8.77. The highest BCUT2D eigenvalue weighted by molar-refractivity contribution is 14.1. The van der Waals surface area contributed by atoms with Crippen molar-refractivity contribution in [3.63, 3.8) is 0 Å². The predicted molar refractivity (Wildman–Crippen MR) is 58.2 cm³/mol. The average Bonchev–Trinajstić information content (AvgIpc) is 2.09. The number of rotatable bonds is 1. The van der Waals surface area contributed by atoms with Crippen LogP contribution < -0.4 is 0 Å². The maximum Gasteiger partial charge on any atom is 0.0994 e. The van der Waals surface area contributed by atoms with Crippen LogP contribution >= 0.6 is 34.2 Å². The molecule has 1 rings (SSSR count). The van der Waals surface area contributed by atoms with Gasteiger partial charge in [-0.05, 0) is 52.8 Å². The Hall–Kier alpha value is -0.270. The molecule has 0 fully saturated rings. The Balaban J connectivity index is 3.31. The summed E-state index contributed by atoms with van der Waals surface area (Å²) in [5.74, 6) is 0.463. The maximum atomic E-state index is 8.77. The van der Waals surface area contributed by atoms with Crippen molar-refractivity contribution >= 4 is 34.2 Å². The second-order valence-electron chi connectivity index (χ2n) is 2.50. The van der Waals surface area contributed by atoms with E-state index in [2.05, 4.69) is 28.7 Å². The molecule has 0 heterocycles. The Kier molecular flexibility index (Phi) is 3.36. The summed E-state index contributed by atoms with van der Waals surface area (Å²) in [6, 6.07) is 5.99. The van der Waals surface area contributed by atoms with Crippen molar-refractivity contribution in [2.45, 2.75) is 12.8 Å². The minimum Gasteiger partial charge on any atom is -0.192 e. The van der Waals surface area contributed by atoms with E-state index in [1.807, 2.05) is 19.1 Å². The van der Waals surface area contributed by atoms with Gasteiger partial charge in [0, 0.05) is 9.45 Å². The van der Waals surface area contributed by atoms with Gasteiger partial charge < -0.3 is 0 Å². The third kappa shape index (κ3) is 1.90. The molecule has 0 saturated heterocycles. The molecule has 0 aliphatic heterocycles. The standard InChI is InChI=1S/C9H7ClIN/c1-6-8(5-12)2-7(4-10)3-9(6)11/h2-3H,4H2,1H3. The highest BCUT2D eigenvalue weighted by Gasteiger charge is 2.03. The molecule has 62 valence electrons. The molecule has 0 radical (unpaired) electrons. The molecule has 0 amide bonds. The topological polar surface area (TPSA) is 23.8 Å². The quantitative estimate of drug-likeness (QED) is 0.576. The van der Waals surface area contributed by atoms with Crippen LogP contribution in [0.5, 0.6) is 0 Å². The molecule has 0 N–H and O–H groups in total. The molecule has 0 aliphatic rings. The van der Waals surface area contributed by atoms with E-state index in [0.717, 1.165) is 20.3 Å². The summed E-state index contributed by atoms with van der Waals surface area (Å²) in [6.07, 6.45) is 0. The summed E-state index contributed by atoms with van der Waals surface area (Å²) >= 11 is 7.88. The lowest BCUT2D eigenvalue weighted by atomic mass is 10.1. The molecule has 0 bridgehead atoms. The third-order valence-corrected chi connectivity index (χ3v) is 3.11. The van der Waals surface area contributed by atoms with Gasteiger partial charge >= 0.3 is 0 Å². The Morgan fingerprint density at radius 2 is 2.25 bits per heavy atom. The monoisotopic (exact) mass is 291 g/mol. The van der Waals surface area contributed by atoms with E-state index < -0.39 is 0 Å². The molecule has 0 unspecified atom stereocenters. The first kappa shape index (κ1) is 9.82. The average molecular weight is 292 g/mol. The molecule has 0 aromatic heterocycles. The van der Waals surface area contributed by atoms with Gasteiger partial charge in [-0.1, -0.05) is 0 Å². The van der Waals surface area contributed by atoms with E-state index in [1.54, 1.807) is 0 Å². The summed E-state index contributed by atoms with van der Waals surface area (Å²) in [6.45, 7) is 1.94. The Labute approximate surface area is 90.5 Å². The Morgan fingerprint density at radius 3 is 2.75 bits per heavy atom.